The van der Waals surface area contributed by atoms with Gasteiger partial charge in [0.05, 0.1) is 12.2 Å². The van der Waals surface area contributed by atoms with E-state index in [2.05, 4.69) is 18.2 Å². The Balaban J connectivity index is 1.49. The maximum Gasteiger partial charge on any atom is 0.303 e. The summed E-state index contributed by atoms with van der Waals surface area (Å²) in [4.78, 5) is 24.0. The molecule has 1 aromatic carbocycles. The van der Waals surface area contributed by atoms with Crippen molar-refractivity contribution >= 4 is 33.2 Å². The van der Waals surface area contributed by atoms with Gasteiger partial charge >= 0.3 is 5.97 Å². The number of fused-ring (bicyclic) bond motifs is 1. The van der Waals surface area contributed by atoms with Gasteiger partial charge in [0, 0.05) is 34.3 Å². The van der Waals surface area contributed by atoms with Gasteiger partial charge in [-0.25, -0.2) is 0 Å². The van der Waals surface area contributed by atoms with Crippen LogP contribution in [-0.4, -0.2) is 39.3 Å². The largest absolute Gasteiger partial charge is 0.481 e. The molecule has 1 unspecified atom stereocenters. The Bertz CT molecular complexity index is 911. The Labute approximate surface area is 186 Å². The van der Waals surface area contributed by atoms with E-state index in [4.69, 9.17) is 5.11 Å². The van der Waals surface area contributed by atoms with Crippen molar-refractivity contribution in [1.82, 2.24) is 0 Å². The van der Waals surface area contributed by atoms with E-state index in [1.54, 1.807) is 23.5 Å². The van der Waals surface area contributed by atoms with Crippen LogP contribution < -0.4 is 0 Å². The number of aliphatic hydroxyl groups is 2. The van der Waals surface area contributed by atoms with Gasteiger partial charge in [-0.15, -0.1) is 11.3 Å². The number of allylic oxidation sites excluding steroid dienone is 2. The summed E-state index contributed by atoms with van der Waals surface area (Å²) in [5, 5.41) is 30.6. The lowest BCUT2D eigenvalue weighted by Crippen LogP contribution is -2.18. The first-order valence-electron chi connectivity index (χ1n) is 10.9. The number of carboxylic acids is 1. The van der Waals surface area contributed by atoms with Crippen LogP contribution in [0.15, 0.2) is 54.6 Å². The predicted molar refractivity (Wildman–Crippen MR) is 123 cm³/mol. The van der Waals surface area contributed by atoms with Crippen molar-refractivity contribution in [2.45, 2.75) is 57.2 Å². The van der Waals surface area contributed by atoms with Crippen molar-refractivity contribution in [2.75, 3.05) is 0 Å². The van der Waals surface area contributed by atoms with E-state index in [9.17, 15) is 19.8 Å². The van der Waals surface area contributed by atoms with E-state index in [0.717, 1.165) is 6.42 Å². The Morgan fingerprint density at radius 2 is 2.06 bits per heavy atom. The van der Waals surface area contributed by atoms with Gasteiger partial charge < -0.3 is 15.3 Å². The maximum absolute atomic E-state index is 12.3. The fourth-order valence-electron chi connectivity index (χ4n) is 4.06. The predicted octanol–water partition coefficient (Wildman–Crippen LogP) is 4.52. The van der Waals surface area contributed by atoms with Crippen LogP contribution in [0.3, 0.4) is 0 Å². The number of ketones is 1. The zero-order chi connectivity index (χ0) is 22.2. The summed E-state index contributed by atoms with van der Waals surface area (Å²) in [5.74, 6) is -1.36. The van der Waals surface area contributed by atoms with E-state index >= 15 is 0 Å². The van der Waals surface area contributed by atoms with Gasteiger partial charge in [-0.05, 0) is 49.6 Å². The van der Waals surface area contributed by atoms with Crippen LogP contribution in [0.4, 0.5) is 0 Å². The molecule has 0 radical (unpaired) electrons. The number of carbonyl (C=O) groups is 2. The third-order valence-corrected chi connectivity index (χ3v) is 6.95. The van der Waals surface area contributed by atoms with Crippen LogP contribution in [0, 0.1) is 11.8 Å². The third kappa shape index (κ3) is 6.86. The van der Waals surface area contributed by atoms with Gasteiger partial charge in [0.2, 0.25) is 0 Å². The fraction of sp³-hybridized carbons (Fsp3) is 0.440. The third-order valence-electron chi connectivity index (χ3n) is 5.77. The summed E-state index contributed by atoms with van der Waals surface area (Å²) >= 11 is 1.74. The number of carboxylic acid groups (broad SMARTS) is 1. The summed E-state index contributed by atoms with van der Waals surface area (Å²) in [6, 6.07) is 10.4. The number of benzene rings is 1. The number of aliphatic carboxylic acids is 1. The standard InChI is InChI=1S/C25H30O5S/c26-18(11-13-19-15-17-7-5-6-9-24(17)31-19)12-14-21-20(22(27)16-23(21)28)8-3-1-2-4-10-25(29)30/h1,3,5-7,9,12,14-15,18,20-21,23,26,28H,2,4,8,10-11,13,16H2,(H,29,30)/t18?,20-,21-,23-/m1/s1. The minimum Gasteiger partial charge on any atom is -0.481 e. The molecule has 166 valence electrons. The molecule has 1 aliphatic rings. The van der Waals surface area contributed by atoms with Crippen LogP contribution in [-0.2, 0) is 16.0 Å². The second kappa shape index (κ2) is 11.4. The average molecular weight is 443 g/mol. The van der Waals surface area contributed by atoms with Crippen molar-refractivity contribution in [3.05, 3.63) is 59.5 Å². The Hall–Kier alpha value is -2.28. The number of thiophene rings is 1. The van der Waals surface area contributed by atoms with Crippen molar-refractivity contribution in [3.8, 4) is 0 Å². The lowest BCUT2D eigenvalue weighted by Gasteiger charge is -2.16. The second-order valence-electron chi connectivity index (χ2n) is 8.16. The summed E-state index contributed by atoms with van der Waals surface area (Å²) in [5.41, 5.74) is 0. The number of aliphatic hydroxyl groups excluding tert-OH is 2. The summed E-state index contributed by atoms with van der Waals surface area (Å²) < 4.78 is 1.24. The molecular weight excluding hydrogens is 412 g/mol. The maximum atomic E-state index is 12.3. The van der Waals surface area contributed by atoms with Crippen molar-refractivity contribution in [2.24, 2.45) is 11.8 Å². The molecule has 1 saturated carbocycles. The van der Waals surface area contributed by atoms with Gasteiger partial charge in [-0.2, -0.15) is 0 Å². The molecule has 0 saturated heterocycles. The molecule has 1 fully saturated rings. The lowest BCUT2D eigenvalue weighted by molar-refractivity contribution is -0.137. The van der Waals surface area contributed by atoms with Gasteiger partial charge in [0.15, 0.2) is 0 Å². The fourth-order valence-corrected chi connectivity index (χ4v) is 5.14. The molecule has 5 nitrogen and oxygen atoms in total. The van der Waals surface area contributed by atoms with Crippen molar-refractivity contribution in [1.29, 1.82) is 0 Å². The molecule has 6 heteroatoms. The number of carbonyl (C=O) groups excluding carboxylic acids is 1. The minimum atomic E-state index is -0.807. The van der Waals surface area contributed by atoms with Crippen molar-refractivity contribution in [3.63, 3.8) is 0 Å². The van der Waals surface area contributed by atoms with E-state index in [0.29, 0.717) is 25.7 Å². The number of aryl methyl sites for hydroxylation is 1. The highest BCUT2D eigenvalue weighted by Gasteiger charge is 2.39. The van der Waals surface area contributed by atoms with Crippen LogP contribution in [0.2, 0.25) is 0 Å². The van der Waals surface area contributed by atoms with Gasteiger partial charge in [-0.3, -0.25) is 9.59 Å². The van der Waals surface area contributed by atoms with E-state index in [1.807, 2.05) is 24.3 Å². The smallest absolute Gasteiger partial charge is 0.303 e. The average Bonchev–Trinajstić information content (AvgIpc) is 3.27. The molecule has 4 atom stereocenters. The summed E-state index contributed by atoms with van der Waals surface area (Å²) in [7, 11) is 0. The summed E-state index contributed by atoms with van der Waals surface area (Å²) in [6.45, 7) is 0. The van der Waals surface area contributed by atoms with Crippen LogP contribution >= 0.6 is 11.3 Å². The number of Topliss-reactive ketones (excluding diaryl/α,β-unsaturated/α-hetero) is 1. The van der Waals surface area contributed by atoms with Crippen LogP contribution in [0.5, 0.6) is 0 Å². The molecule has 0 aliphatic heterocycles. The summed E-state index contributed by atoms with van der Waals surface area (Å²) in [6.07, 6.45) is 9.38. The molecule has 1 heterocycles. The van der Waals surface area contributed by atoms with Gasteiger partial charge in [0.25, 0.3) is 0 Å². The van der Waals surface area contributed by atoms with Gasteiger partial charge in [-0.1, -0.05) is 42.5 Å². The molecule has 0 spiro atoms. The first-order chi connectivity index (χ1) is 14.9. The first-order valence-corrected chi connectivity index (χ1v) is 11.7. The number of hydrogen-bond donors (Lipinski definition) is 3. The molecule has 0 amide bonds. The van der Waals surface area contributed by atoms with E-state index < -0.39 is 18.2 Å². The molecule has 1 aliphatic carbocycles. The molecule has 31 heavy (non-hydrogen) atoms. The highest BCUT2D eigenvalue weighted by molar-refractivity contribution is 7.19. The van der Waals surface area contributed by atoms with Crippen LogP contribution in [0.1, 0.15) is 43.4 Å². The molecule has 1 aromatic heterocycles. The minimum absolute atomic E-state index is 0.0390. The molecule has 0 bridgehead atoms. The molecule has 3 N–H and O–H groups in total. The lowest BCUT2D eigenvalue weighted by atomic mass is 9.90. The molecule has 2 aromatic rings. The first kappa shape index (κ1) is 23.4. The Kier molecular flexibility index (Phi) is 8.58. The zero-order valence-electron chi connectivity index (χ0n) is 17.5. The Morgan fingerprint density at radius 3 is 2.84 bits per heavy atom. The quantitative estimate of drug-likeness (QED) is 0.351. The SMILES string of the molecule is O=C(O)CCCC=CC[C@H]1C(=O)C[C@@H](O)[C@@H]1C=CC(O)CCc1cc2ccccc2s1. The molecular formula is C25H30O5S. The van der Waals surface area contributed by atoms with Crippen LogP contribution in [0.25, 0.3) is 10.1 Å². The number of unbranched alkanes of at least 4 members (excludes halogenated alkanes) is 1. The number of hydrogen-bond acceptors (Lipinski definition) is 5. The monoisotopic (exact) mass is 442 g/mol. The number of rotatable bonds is 11. The van der Waals surface area contributed by atoms with E-state index in [-0.39, 0.29) is 30.5 Å². The molecule has 3 rings (SSSR count). The highest BCUT2D eigenvalue weighted by atomic mass is 32.1. The van der Waals surface area contributed by atoms with E-state index in [1.165, 1.54) is 15.0 Å². The highest BCUT2D eigenvalue weighted by Crippen LogP contribution is 2.33. The van der Waals surface area contributed by atoms with Crippen molar-refractivity contribution < 1.29 is 24.9 Å². The second-order valence-corrected chi connectivity index (χ2v) is 9.32. The Morgan fingerprint density at radius 1 is 1.26 bits per heavy atom. The normalized spacial score (nSPS) is 22.8. The zero-order valence-corrected chi connectivity index (χ0v) is 18.3. The van der Waals surface area contributed by atoms with Gasteiger partial charge in [0.1, 0.15) is 5.78 Å². The topological polar surface area (TPSA) is 94.8 Å².